The molecule has 2 aromatic rings. The zero-order valence-corrected chi connectivity index (χ0v) is 14.6. The van der Waals surface area contributed by atoms with Gasteiger partial charge in [-0.15, -0.1) is 0 Å². The van der Waals surface area contributed by atoms with Gasteiger partial charge in [0.2, 0.25) is 0 Å². The first-order valence-corrected chi connectivity index (χ1v) is 7.90. The molecular formula is C16H15ClINO2. The average Bonchev–Trinajstić information content (AvgIpc) is 2.45. The Balaban J connectivity index is 1.98. The van der Waals surface area contributed by atoms with Crippen LogP contribution in [0.1, 0.15) is 12.5 Å². The first-order valence-electron chi connectivity index (χ1n) is 6.45. The van der Waals surface area contributed by atoms with Crippen molar-refractivity contribution >= 4 is 45.8 Å². The van der Waals surface area contributed by atoms with E-state index >= 15 is 0 Å². The first-order chi connectivity index (χ1) is 9.95. The van der Waals surface area contributed by atoms with Gasteiger partial charge in [0.05, 0.1) is 0 Å². The van der Waals surface area contributed by atoms with Crippen LogP contribution in [-0.4, -0.2) is 12.0 Å². The van der Waals surface area contributed by atoms with Crippen molar-refractivity contribution in [1.29, 1.82) is 0 Å². The molecule has 3 nitrogen and oxygen atoms in total. The molecule has 110 valence electrons. The van der Waals surface area contributed by atoms with E-state index in [1.54, 1.807) is 19.1 Å². The van der Waals surface area contributed by atoms with Gasteiger partial charge in [0.15, 0.2) is 6.10 Å². The van der Waals surface area contributed by atoms with Gasteiger partial charge >= 0.3 is 0 Å². The van der Waals surface area contributed by atoms with Crippen molar-refractivity contribution in [2.45, 2.75) is 20.0 Å². The summed E-state index contributed by atoms with van der Waals surface area (Å²) in [6, 6.07) is 12.9. The Bertz CT molecular complexity index is 643. The first kappa shape index (κ1) is 16.1. The molecule has 0 bridgehead atoms. The second-order valence-electron chi connectivity index (χ2n) is 4.67. The highest BCUT2D eigenvalue weighted by molar-refractivity contribution is 14.1. The van der Waals surface area contributed by atoms with Crippen LogP contribution in [-0.2, 0) is 4.79 Å². The number of rotatable bonds is 4. The Morgan fingerprint density at radius 2 is 1.90 bits per heavy atom. The molecule has 0 saturated carbocycles. The molecule has 0 heterocycles. The lowest BCUT2D eigenvalue weighted by atomic mass is 10.2. The largest absolute Gasteiger partial charge is 0.481 e. The third-order valence-corrected chi connectivity index (χ3v) is 4.07. The van der Waals surface area contributed by atoms with Gasteiger partial charge < -0.3 is 10.1 Å². The number of carbonyl (C=O) groups excluding carboxylic acids is 1. The monoisotopic (exact) mass is 415 g/mol. The van der Waals surface area contributed by atoms with E-state index in [1.807, 2.05) is 37.3 Å². The minimum absolute atomic E-state index is 0.191. The van der Waals surface area contributed by atoms with Crippen molar-refractivity contribution in [2.24, 2.45) is 0 Å². The second kappa shape index (κ2) is 7.13. The lowest BCUT2D eigenvalue weighted by molar-refractivity contribution is -0.122. The number of aryl methyl sites for hydroxylation is 1. The van der Waals surface area contributed by atoms with Crippen LogP contribution < -0.4 is 10.1 Å². The van der Waals surface area contributed by atoms with Crippen molar-refractivity contribution in [3.8, 4) is 5.75 Å². The van der Waals surface area contributed by atoms with Crippen LogP contribution in [0.2, 0.25) is 5.02 Å². The number of hydrogen-bond donors (Lipinski definition) is 1. The van der Waals surface area contributed by atoms with Crippen molar-refractivity contribution in [3.63, 3.8) is 0 Å². The molecule has 0 aliphatic carbocycles. The highest BCUT2D eigenvalue weighted by Crippen LogP contribution is 2.22. The summed E-state index contributed by atoms with van der Waals surface area (Å²) in [6.45, 7) is 3.61. The minimum atomic E-state index is -0.593. The van der Waals surface area contributed by atoms with Crippen LogP contribution in [0, 0.1) is 10.5 Å². The molecule has 2 aromatic carbocycles. The topological polar surface area (TPSA) is 38.3 Å². The van der Waals surface area contributed by atoms with Crippen molar-refractivity contribution < 1.29 is 9.53 Å². The smallest absolute Gasteiger partial charge is 0.265 e. The zero-order chi connectivity index (χ0) is 15.4. The van der Waals surface area contributed by atoms with Crippen molar-refractivity contribution in [1.82, 2.24) is 0 Å². The molecule has 1 N–H and O–H groups in total. The summed E-state index contributed by atoms with van der Waals surface area (Å²) < 4.78 is 6.75. The van der Waals surface area contributed by atoms with E-state index in [1.165, 1.54) is 0 Å². The number of carbonyl (C=O) groups is 1. The van der Waals surface area contributed by atoms with Gasteiger partial charge in [-0.3, -0.25) is 4.79 Å². The molecule has 0 spiro atoms. The van der Waals surface area contributed by atoms with Crippen LogP contribution >= 0.6 is 34.2 Å². The Kier molecular flexibility index (Phi) is 5.47. The summed E-state index contributed by atoms with van der Waals surface area (Å²) >= 11 is 8.18. The molecule has 0 aliphatic heterocycles. The summed E-state index contributed by atoms with van der Waals surface area (Å²) in [5.41, 5.74) is 1.67. The predicted octanol–water partition coefficient (Wildman–Crippen LogP) is 4.66. The normalized spacial score (nSPS) is 11.8. The number of amides is 1. The molecule has 0 aromatic heterocycles. The van der Waals surface area contributed by atoms with Crippen molar-refractivity contribution in [3.05, 3.63) is 56.6 Å². The maximum absolute atomic E-state index is 12.1. The van der Waals surface area contributed by atoms with E-state index in [4.69, 9.17) is 16.3 Å². The number of hydrogen-bond acceptors (Lipinski definition) is 2. The van der Waals surface area contributed by atoms with Crippen LogP contribution in [0.25, 0.3) is 0 Å². The Labute approximate surface area is 142 Å². The third-order valence-electron chi connectivity index (χ3n) is 2.92. The number of anilines is 1. The minimum Gasteiger partial charge on any atom is -0.481 e. The number of benzene rings is 2. The molecule has 1 amide bonds. The Morgan fingerprint density at radius 1 is 1.24 bits per heavy atom. The standard InChI is InChI=1S/C16H15ClINO2/c1-10-9-14(7-8-15(10)17)21-11(2)16(20)19-13-5-3-12(18)4-6-13/h3-9,11H,1-2H3,(H,19,20)/t11-/m1/s1. The molecule has 0 aliphatic rings. The highest BCUT2D eigenvalue weighted by atomic mass is 127. The molecular weight excluding hydrogens is 401 g/mol. The summed E-state index contributed by atoms with van der Waals surface area (Å²) in [6.07, 6.45) is -0.593. The van der Waals surface area contributed by atoms with Gasteiger partial charge in [0.1, 0.15) is 5.75 Å². The van der Waals surface area contributed by atoms with E-state index in [0.717, 1.165) is 14.8 Å². The van der Waals surface area contributed by atoms with Crippen LogP contribution in [0.15, 0.2) is 42.5 Å². The number of halogens is 2. The van der Waals surface area contributed by atoms with Gasteiger partial charge in [-0.25, -0.2) is 0 Å². The molecule has 21 heavy (non-hydrogen) atoms. The lowest BCUT2D eigenvalue weighted by Gasteiger charge is -2.15. The van der Waals surface area contributed by atoms with Gasteiger partial charge in [-0.2, -0.15) is 0 Å². The average molecular weight is 416 g/mol. The maximum atomic E-state index is 12.1. The molecule has 1 atom stereocenters. The van der Waals surface area contributed by atoms with E-state index in [9.17, 15) is 4.79 Å². The number of ether oxygens (including phenoxy) is 1. The van der Waals surface area contributed by atoms with Crippen LogP contribution in [0.4, 0.5) is 5.69 Å². The zero-order valence-electron chi connectivity index (χ0n) is 11.7. The van der Waals surface area contributed by atoms with Crippen LogP contribution in [0.3, 0.4) is 0 Å². The molecule has 0 unspecified atom stereocenters. The lowest BCUT2D eigenvalue weighted by Crippen LogP contribution is -2.30. The second-order valence-corrected chi connectivity index (χ2v) is 6.32. The van der Waals surface area contributed by atoms with E-state index in [2.05, 4.69) is 27.9 Å². The molecule has 0 saturated heterocycles. The maximum Gasteiger partial charge on any atom is 0.265 e. The molecule has 5 heteroatoms. The fourth-order valence-corrected chi connectivity index (χ4v) is 2.20. The van der Waals surface area contributed by atoms with Gasteiger partial charge in [0, 0.05) is 14.3 Å². The van der Waals surface area contributed by atoms with E-state index in [-0.39, 0.29) is 5.91 Å². The predicted molar refractivity (Wildman–Crippen MR) is 94.1 cm³/mol. The van der Waals surface area contributed by atoms with Crippen LogP contribution in [0.5, 0.6) is 5.75 Å². The fourth-order valence-electron chi connectivity index (χ4n) is 1.73. The van der Waals surface area contributed by atoms with Crippen molar-refractivity contribution in [2.75, 3.05) is 5.32 Å². The molecule has 2 rings (SSSR count). The third kappa shape index (κ3) is 4.61. The highest BCUT2D eigenvalue weighted by Gasteiger charge is 2.15. The van der Waals surface area contributed by atoms with Gasteiger partial charge in [-0.1, -0.05) is 11.6 Å². The van der Waals surface area contributed by atoms with E-state index in [0.29, 0.717) is 10.8 Å². The summed E-state index contributed by atoms with van der Waals surface area (Å²) in [5.74, 6) is 0.436. The Morgan fingerprint density at radius 3 is 2.52 bits per heavy atom. The molecule has 0 fully saturated rings. The SMILES string of the molecule is Cc1cc(O[C@H](C)C(=O)Nc2ccc(I)cc2)ccc1Cl. The Hall–Kier alpha value is -1.27. The fraction of sp³-hybridized carbons (Fsp3) is 0.188. The van der Waals surface area contributed by atoms with Gasteiger partial charge in [-0.05, 0) is 84.5 Å². The molecule has 0 radical (unpaired) electrons. The van der Waals surface area contributed by atoms with Gasteiger partial charge in [0.25, 0.3) is 5.91 Å². The quantitative estimate of drug-likeness (QED) is 0.738. The number of nitrogens with one attached hydrogen (secondary N) is 1. The summed E-state index contributed by atoms with van der Waals surface area (Å²) in [4.78, 5) is 12.1. The summed E-state index contributed by atoms with van der Waals surface area (Å²) in [7, 11) is 0. The van der Waals surface area contributed by atoms with E-state index < -0.39 is 6.10 Å². The summed E-state index contributed by atoms with van der Waals surface area (Å²) in [5, 5.41) is 3.50.